The van der Waals surface area contributed by atoms with Crippen LogP contribution in [0.25, 0.3) is 0 Å². The SMILES string of the molecule is Cc1ccc(S(=O)(=O)OC[C@H](O)CCCCCC[C@H](C)O)cc1. The highest BCUT2D eigenvalue weighted by molar-refractivity contribution is 7.86. The van der Waals surface area contributed by atoms with Crippen molar-refractivity contribution in [2.24, 2.45) is 0 Å². The van der Waals surface area contributed by atoms with Crippen LogP contribution in [0.5, 0.6) is 0 Å². The van der Waals surface area contributed by atoms with Crippen LogP contribution in [0.1, 0.15) is 51.0 Å². The first-order chi connectivity index (χ1) is 10.8. The molecule has 0 aliphatic rings. The number of benzene rings is 1. The zero-order valence-corrected chi connectivity index (χ0v) is 14.8. The monoisotopic (exact) mass is 344 g/mol. The van der Waals surface area contributed by atoms with E-state index in [4.69, 9.17) is 9.29 Å². The van der Waals surface area contributed by atoms with Crippen LogP contribution in [-0.2, 0) is 14.3 Å². The normalized spacial score (nSPS) is 14.6. The summed E-state index contributed by atoms with van der Waals surface area (Å²) in [5.74, 6) is 0. The Morgan fingerprint density at radius 3 is 2.13 bits per heavy atom. The first-order valence-corrected chi connectivity index (χ1v) is 9.54. The minimum absolute atomic E-state index is 0.105. The van der Waals surface area contributed by atoms with E-state index in [0.717, 1.165) is 37.7 Å². The van der Waals surface area contributed by atoms with Crippen LogP contribution >= 0.6 is 0 Å². The van der Waals surface area contributed by atoms with Gasteiger partial charge in [-0.05, 0) is 38.8 Å². The molecule has 0 radical (unpaired) electrons. The van der Waals surface area contributed by atoms with Crippen molar-refractivity contribution in [2.45, 2.75) is 69.5 Å². The van der Waals surface area contributed by atoms with Gasteiger partial charge < -0.3 is 10.2 Å². The summed E-state index contributed by atoms with van der Waals surface area (Å²) in [7, 11) is -3.81. The molecule has 2 N–H and O–H groups in total. The molecule has 0 aromatic heterocycles. The fourth-order valence-corrected chi connectivity index (χ4v) is 3.14. The number of hydrogen-bond donors (Lipinski definition) is 2. The van der Waals surface area contributed by atoms with Crippen LogP contribution in [0.15, 0.2) is 29.2 Å². The number of aryl methyl sites for hydroxylation is 1. The summed E-state index contributed by atoms with van der Waals surface area (Å²) in [5.41, 5.74) is 0.972. The van der Waals surface area contributed by atoms with Gasteiger partial charge in [-0.25, -0.2) is 0 Å². The van der Waals surface area contributed by atoms with Crippen LogP contribution in [0.3, 0.4) is 0 Å². The van der Waals surface area contributed by atoms with Crippen molar-refractivity contribution in [1.29, 1.82) is 0 Å². The molecule has 0 unspecified atom stereocenters. The van der Waals surface area contributed by atoms with Crippen molar-refractivity contribution in [1.82, 2.24) is 0 Å². The predicted octanol–water partition coefficient (Wildman–Crippen LogP) is 2.78. The van der Waals surface area contributed by atoms with Gasteiger partial charge in [-0.2, -0.15) is 8.42 Å². The van der Waals surface area contributed by atoms with Gasteiger partial charge >= 0.3 is 0 Å². The molecule has 0 aliphatic carbocycles. The summed E-state index contributed by atoms with van der Waals surface area (Å²) in [5, 5.41) is 19.0. The maximum atomic E-state index is 12.0. The lowest BCUT2D eigenvalue weighted by molar-refractivity contribution is 0.100. The molecule has 0 fully saturated rings. The van der Waals surface area contributed by atoms with Crippen molar-refractivity contribution in [3.8, 4) is 0 Å². The van der Waals surface area contributed by atoms with E-state index in [-0.39, 0.29) is 17.6 Å². The van der Waals surface area contributed by atoms with Crippen molar-refractivity contribution in [3.05, 3.63) is 29.8 Å². The van der Waals surface area contributed by atoms with E-state index >= 15 is 0 Å². The van der Waals surface area contributed by atoms with Crippen molar-refractivity contribution >= 4 is 10.1 Å². The van der Waals surface area contributed by atoms with Crippen LogP contribution in [-0.4, -0.2) is 37.4 Å². The van der Waals surface area contributed by atoms with E-state index in [1.807, 2.05) is 6.92 Å². The van der Waals surface area contributed by atoms with Gasteiger partial charge in [-0.3, -0.25) is 4.18 Å². The second kappa shape index (κ2) is 10.0. The average molecular weight is 344 g/mol. The van der Waals surface area contributed by atoms with Gasteiger partial charge in [0.05, 0.1) is 23.7 Å². The second-order valence-electron chi connectivity index (χ2n) is 6.05. The molecule has 5 nitrogen and oxygen atoms in total. The summed E-state index contributed by atoms with van der Waals surface area (Å²) >= 11 is 0. The van der Waals surface area contributed by atoms with Gasteiger partial charge in [0, 0.05) is 0 Å². The Labute approximate surface area is 139 Å². The molecule has 0 amide bonds. The molecule has 6 heteroatoms. The highest BCUT2D eigenvalue weighted by Gasteiger charge is 2.17. The van der Waals surface area contributed by atoms with E-state index in [2.05, 4.69) is 0 Å². The standard InChI is InChI=1S/C17H28O5S/c1-14-9-11-17(12-10-14)23(20,21)22-13-16(19)8-6-4-3-5-7-15(2)18/h9-12,15-16,18-19H,3-8,13H2,1-2H3/t15-,16+/m0/s1. The largest absolute Gasteiger partial charge is 0.393 e. The molecule has 0 bridgehead atoms. The fourth-order valence-electron chi connectivity index (χ4n) is 2.20. The molecule has 1 aromatic rings. The number of unbranched alkanes of at least 4 members (excludes halogenated alkanes) is 3. The van der Waals surface area contributed by atoms with Gasteiger partial charge in [0.1, 0.15) is 0 Å². The van der Waals surface area contributed by atoms with E-state index in [9.17, 15) is 13.5 Å². The quantitative estimate of drug-likeness (QED) is 0.476. The van der Waals surface area contributed by atoms with Crippen molar-refractivity contribution < 1.29 is 22.8 Å². The lowest BCUT2D eigenvalue weighted by atomic mass is 10.1. The molecule has 0 spiro atoms. The smallest absolute Gasteiger partial charge is 0.297 e. The molecule has 132 valence electrons. The molecule has 0 saturated carbocycles. The van der Waals surface area contributed by atoms with Crippen LogP contribution in [0, 0.1) is 6.92 Å². The first-order valence-electron chi connectivity index (χ1n) is 8.13. The van der Waals surface area contributed by atoms with E-state index < -0.39 is 16.2 Å². The highest BCUT2D eigenvalue weighted by Crippen LogP contribution is 2.15. The minimum atomic E-state index is -3.81. The van der Waals surface area contributed by atoms with E-state index in [0.29, 0.717) is 6.42 Å². The van der Waals surface area contributed by atoms with Gasteiger partial charge in [-0.1, -0.05) is 43.4 Å². The molecule has 23 heavy (non-hydrogen) atoms. The Morgan fingerprint density at radius 1 is 1.00 bits per heavy atom. The lowest BCUT2D eigenvalue weighted by Crippen LogP contribution is -2.19. The van der Waals surface area contributed by atoms with Crippen LogP contribution in [0.2, 0.25) is 0 Å². The molecule has 1 aromatic carbocycles. The van der Waals surface area contributed by atoms with E-state index in [1.165, 1.54) is 12.1 Å². The van der Waals surface area contributed by atoms with Gasteiger partial charge in [0.2, 0.25) is 0 Å². The molecule has 2 atom stereocenters. The topological polar surface area (TPSA) is 83.8 Å². The number of hydrogen-bond acceptors (Lipinski definition) is 5. The van der Waals surface area contributed by atoms with Gasteiger partial charge in [0.15, 0.2) is 0 Å². The predicted molar refractivity (Wildman–Crippen MR) is 89.7 cm³/mol. The third-order valence-electron chi connectivity index (χ3n) is 3.63. The maximum Gasteiger partial charge on any atom is 0.297 e. The molecule has 0 saturated heterocycles. The summed E-state index contributed by atoms with van der Waals surface area (Å²) in [6.45, 7) is 3.43. The molecule has 0 aliphatic heterocycles. The first kappa shape index (κ1) is 20.1. The minimum Gasteiger partial charge on any atom is -0.393 e. The Hall–Kier alpha value is -0.950. The summed E-state index contributed by atoms with van der Waals surface area (Å²) < 4.78 is 28.9. The number of rotatable bonds is 11. The third kappa shape index (κ3) is 8.46. The fraction of sp³-hybridized carbons (Fsp3) is 0.647. The Morgan fingerprint density at radius 2 is 1.57 bits per heavy atom. The summed E-state index contributed by atoms with van der Waals surface area (Å²) in [4.78, 5) is 0.105. The lowest BCUT2D eigenvalue weighted by Gasteiger charge is -2.11. The molecule has 0 heterocycles. The number of aliphatic hydroxyl groups is 2. The Bertz CT molecular complexity index is 537. The molecular formula is C17H28O5S. The number of aliphatic hydroxyl groups excluding tert-OH is 2. The van der Waals surface area contributed by atoms with E-state index in [1.54, 1.807) is 19.1 Å². The van der Waals surface area contributed by atoms with Gasteiger partial charge in [-0.15, -0.1) is 0 Å². The Kier molecular flexibility index (Phi) is 8.76. The molecular weight excluding hydrogens is 316 g/mol. The second-order valence-corrected chi connectivity index (χ2v) is 7.66. The van der Waals surface area contributed by atoms with Crippen molar-refractivity contribution in [3.63, 3.8) is 0 Å². The maximum absolute atomic E-state index is 12.0. The summed E-state index contributed by atoms with van der Waals surface area (Å²) in [6, 6.07) is 6.41. The summed E-state index contributed by atoms with van der Waals surface area (Å²) in [6.07, 6.45) is 3.99. The highest BCUT2D eigenvalue weighted by atomic mass is 32.2. The zero-order valence-electron chi connectivity index (χ0n) is 13.9. The molecule has 1 rings (SSSR count). The van der Waals surface area contributed by atoms with Crippen LogP contribution < -0.4 is 0 Å². The van der Waals surface area contributed by atoms with Gasteiger partial charge in [0.25, 0.3) is 10.1 Å². The van der Waals surface area contributed by atoms with Crippen LogP contribution in [0.4, 0.5) is 0 Å². The van der Waals surface area contributed by atoms with Crippen molar-refractivity contribution in [2.75, 3.05) is 6.61 Å². The Balaban J connectivity index is 2.24. The average Bonchev–Trinajstić information content (AvgIpc) is 2.49. The zero-order chi connectivity index (χ0) is 17.3. The third-order valence-corrected chi connectivity index (χ3v) is 4.93.